The number of hydrogen-bond acceptors (Lipinski definition) is 7. The van der Waals surface area contributed by atoms with Crippen molar-refractivity contribution in [2.75, 3.05) is 18.5 Å². The number of carbonyl (C=O) groups is 1. The molecule has 2 aromatic carbocycles. The van der Waals surface area contributed by atoms with E-state index in [0.717, 1.165) is 40.3 Å². The number of carbonyl (C=O) groups excluding carboxylic acids is 1. The molecule has 1 N–H and O–H groups in total. The number of ketones is 1. The maximum atomic E-state index is 13.1. The van der Waals surface area contributed by atoms with Crippen molar-refractivity contribution in [3.8, 4) is 11.5 Å². The summed E-state index contributed by atoms with van der Waals surface area (Å²) in [5.41, 5.74) is 3.62. The molecular weight excluding hydrogens is 484 g/mol. The zero-order valence-corrected chi connectivity index (χ0v) is 21.3. The zero-order chi connectivity index (χ0) is 24.4. The van der Waals surface area contributed by atoms with Gasteiger partial charge in [-0.05, 0) is 56.0 Å². The Morgan fingerprint density at radius 1 is 1.11 bits per heavy atom. The third kappa shape index (κ3) is 4.77. The van der Waals surface area contributed by atoms with Crippen molar-refractivity contribution < 1.29 is 14.3 Å². The molecule has 0 saturated heterocycles. The van der Waals surface area contributed by atoms with Crippen LogP contribution in [0.4, 0.5) is 5.95 Å². The van der Waals surface area contributed by atoms with Crippen LogP contribution in [0.15, 0.2) is 58.9 Å². The highest BCUT2D eigenvalue weighted by molar-refractivity contribution is 7.98. The van der Waals surface area contributed by atoms with E-state index in [1.165, 1.54) is 11.8 Å². The Hall–Kier alpha value is -2.97. The van der Waals surface area contributed by atoms with Crippen LogP contribution in [0.25, 0.3) is 0 Å². The first kappa shape index (κ1) is 23.8. The highest BCUT2D eigenvalue weighted by Crippen LogP contribution is 2.43. The topological polar surface area (TPSA) is 78.3 Å². The van der Waals surface area contributed by atoms with Gasteiger partial charge in [-0.2, -0.15) is 4.98 Å². The number of rotatable bonds is 8. The van der Waals surface area contributed by atoms with Gasteiger partial charge in [-0.3, -0.25) is 4.79 Å². The third-order valence-corrected chi connectivity index (χ3v) is 7.30. The number of thioether (sulfide) groups is 1. The van der Waals surface area contributed by atoms with Crippen LogP contribution in [0.1, 0.15) is 50.3 Å². The number of allylic oxidation sites excluding steroid dienone is 2. The fourth-order valence-electron chi connectivity index (χ4n) is 4.50. The monoisotopic (exact) mass is 510 g/mol. The van der Waals surface area contributed by atoms with Gasteiger partial charge in [-0.25, -0.2) is 4.68 Å². The van der Waals surface area contributed by atoms with Crippen molar-refractivity contribution in [2.45, 2.75) is 50.1 Å². The van der Waals surface area contributed by atoms with E-state index in [1.807, 2.05) is 61.0 Å². The lowest BCUT2D eigenvalue weighted by Gasteiger charge is -2.32. The number of nitrogens with zero attached hydrogens (tertiary/aromatic N) is 3. The average molecular weight is 511 g/mol. The molecule has 2 heterocycles. The molecule has 182 valence electrons. The third-order valence-electron chi connectivity index (χ3n) is 6.05. The first-order valence-electron chi connectivity index (χ1n) is 11.8. The van der Waals surface area contributed by atoms with E-state index < -0.39 is 0 Å². The summed E-state index contributed by atoms with van der Waals surface area (Å²) in [6.07, 6.45) is 2.17. The van der Waals surface area contributed by atoms with Gasteiger partial charge in [0.15, 0.2) is 17.3 Å². The van der Waals surface area contributed by atoms with Gasteiger partial charge in [-0.1, -0.05) is 47.6 Å². The summed E-state index contributed by atoms with van der Waals surface area (Å²) in [6, 6.07) is 13.2. The molecule has 9 heteroatoms. The lowest BCUT2D eigenvalue weighted by atomic mass is 9.85. The normalized spacial score (nSPS) is 17.0. The Balaban J connectivity index is 1.53. The van der Waals surface area contributed by atoms with Crippen molar-refractivity contribution in [3.05, 3.63) is 69.9 Å². The molecule has 0 fully saturated rings. The summed E-state index contributed by atoms with van der Waals surface area (Å²) in [5, 5.41) is 9.55. The Morgan fingerprint density at radius 2 is 1.91 bits per heavy atom. The number of Topliss-reactive ketones (excluding diaryl/α,β-unsaturated/α-hetero) is 1. The molecule has 1 aromatic heterocycles. The minimum atomic E-state index is -0.383. The second kappa shape index (κ2) is 10.3. The van der Waals surface area contributed by atoms with Gasteiger partial charge in [0.1, 0.15) is 6.04 Å². The first-order chi connectivity index (χ1) is 17.1. The molecule has 35 heavy (non-hydrogen) atoms. The second-order valence-electron chi connectivity index (χ2n) is 8.31. The van der Waals surface area contributed by atoms with Crippen LogP contribution in [-0.2, 0) is 10.5 Å². The number of benzene rings is 2. The predicted molar refractivity (Wildman–Crippen MR) is 137 cm³/mol. The van der Waals surface area contributed by atoms with E-state index in [1.54, 1.807) is 0 Å². The van der Waals surface area contributed by atoms with Crippen molar-refractivity contribution in [3.63, 3.8) is 0 Å². The molecule has 1 aliphatic heterocycles. The number of nitrogens with one attached hydrogen (secondary N) is 1. The fraction of sp³-hybridized carbons (Fsp3) is 0.346. The number of aromatic nitrogens is 3. The number of halogens is 1. The van der Waals surface area contributed by atoms with Gasteiger partial charge in [-0.15, -0.1) is 5.10 Å². The lowest BCUT2D eigenvalue weighted by Crippen LogP contribution is -2.31. The molecule has 5 rings (SSSR count). The van der Waals surface area contributed by atoms with Crippen LogP contribution < -0.4 is 14.8 Å². The molecule has 1 aliphatic carbocycles. The molecule has 3 aromatic rings. The molecule has 7 nitrogen and oxygen atoms in total. The van der Waals surface area contributed by atoms with E-state index in [2.05, 4.69) is 5.32 Å². The molecule has 1 unspecified atom stereocenters. The van der Waals surface area contributed by atoms with Crippen LogP contribution >= 0.6 is 23.4 Å². The zero-order valence-electron chi connectivity index (χ0n) is 19.7. The van der Waals surface area contributed by atoms with E-state index in [-0.39, 0.29) is 11.8 Å². The number of fused-ring (bicyclic) bond motifs is 1. The standard InChI is InChI=1S/C26H27ClN4O3S/c1-3-33-21-13-12-16(14-22(21)34-4-2)24-23-19(10-7-11-20(23)32)28-25-29-26(30-31(24)25)35-15-17-8-5-6-9-18(17)27/h5-6,8-9,12-14,24H,3-4,7,10-11,15H2,1-2H3,(H,28,29,30). The molecule has 0 spiro atoms. The van der Waals surface area contributed by atoms with Crippen molar-refractivity contribution in [1.82, 2.24) is 14.8 Å². The molecule has 1 atom stereocenters. The minimum Gasteiger partial charge on any atom is -0.490 e. The van der Waals surface area contributed by atoms with Crippen LogP contribution in [0, 0.1) is 0 Å². The molecule has 0 amide bonds. The fourth-order valence-corrected chi connectivity index (χ4v) is 5.62. The number of hydrogen-bond donors (Lipinski definition) is 1. The number of anilines is 1. The van der Waals surface area contributed by atoms with E-state index in [4.69, 9.17) is 31.2 Å². The Labute approximate surface area is 213 Å². The maximum absolute atomic E-state index is 13.1. The largest absolute Gasteiger partial charge is 0.490 e. The summed E-state index contributed by atoms with van der Waals surface area (Å²) in [7, 11) is 0. The van der Waals surface area contributed by atoms with Crippen LogP contribution in [0.3, 0.4) is 0 Å². The summed E-state index contributed by atoms with van der Waals surface area (Å²) < 4.78 is 13.4. The van der Waals surface area contributed by atoms with Gasteiger partial charge in [0.2, 0.25) is 11.1 Å². The Morgan fingerprint density at radius 3 is 2.71 bits per heavy atom. The SMILES string of the molecule is CCOc1ccc(C2C3=C(CCCC3=O)Nc3nc(SCc4ccccc4Cl)nn32)cc1OCC. The van der Waals surface area contributed by atoms with Crippen molar-refractivity contribution in [1.29, 1.82) is 0 Å². The summed E-state index contributed by atoms with van der Waals surface area (Å²) in [4.78, 5) is 17.9. The summed E-state index contributed by atoms with van der Waals surface area (Å²) in [5.74, 6) is 2.77. The van der Waals surface area contributed by atoms with Gasteiger partial charge < -0.3 is 14.8 Å². The molecule has 0 bridgehead atoms. The average Bonchev–Trinajstić information content (AvgIpc) is 3.26. The quantitative estimate of drug-likeness (QED) is 0.370. The lowest BCUT2D eigenvalue weighted by molar-refractivity contribution is -0.116. The highest BCUT2D eigenvalue weighted by atomic mass is 35.5. The Bertz CT molecular complexity index is 1290. The molecule has 0 radical (unpaired) electrons. The summed E-state index contributed by atoms with van der Waals surface area (Å²) >= 11 is 7.85. The van der Waals surface area contributed by atoms with Gasteiger partial charge in [0.25, 0.3) is 0 Å². The first-order valence-corrected chi connectivity index (χ1v) is 13.2. The molecular formula is C26H27ClN4O3S. The highest BCUT2D eigenvalue weighted by Gasteiger charge is 2.37. The van der Waals surface area contributed by atoms with E-state index in [0.29, 0.717) is 48.0 Å². The van der Waals surface area contributed by atoms with Crippen molar-refractivity contribution in [2.24, 2.45) is 0 Å². The van der Waals surface area contributed by atoms with E-state index >= 15 is 0 Å². The van der Waals surface area contributed by atoms with Gasteiger partial charge in [0, 0.05) is 28.5 Å². The van der Waals surface area contributed by atoms with Crippen molar-refractivity contribution >= 4 is 35.1 Å². The van der Waals surface area contributed by atoms with Crippen LogP contribution in [0.5, 0.6) is 11.5 Å². The number of ether oxygens (including phenoxy) is 2. The second-order valence-corrected chi connectivity index (χ2v) is 9.66. The molecule has 2 aliphatic rings. The van der Waals surface area contributed by atoms with Crippen LogP contribution in [0.2, 0.25) is 5.02 Å². The maximum Gasteiger partial charge on any atom is 0.227 e. The van der Waals surface area contributed by atoms with Gasteiger partial charge >= 0.3 is 0 Å². The van der Waals surface area contributed by atoms with Gasteiger partial charge in [0.05, 0.1) is 13.2 Å². The summed E-state index contributed by atoms with van der Waals surface area (Å²) in [6.45, 7) is 4.94. The van der Waals surface area contributed by atoms with Crippen LogP contribution in [-0.4, -0.2) is 33.8 Å². The minimum absolute atomic E-state index is 0.141. The Kier molecular flexibility index (Phi) is 7.02. The van der Waals surface area contributed by atoms with E-state index in [9.17, 15) is 4.79 Å². The molecule has 0 saturated carbocycles. The predicted octanol–water partition coefficient (Wildman–Crippen LogP) is 6.04. The smallest absolute Gasteiger partial charge is 0.227 e.